The number of hydrogen-bond donors (Lipinski definition) is 1. The molecular weight excluding hydrogens is 294 g/mol. The summed E-state index contributed by atoms with van der Waals surface area (Å²) in [5.41, 5.74) is 1.72. The molecule has 0 amide bonds. The Hall–Kier alpha value is -1.80. The van der Waals surface area contributed by atoms with Gasteiger partial charge >= 0.3 is 0 Å². The van der Waals surface area contributed by atoms with Crippen LogP contribution in [0.3, 0.4) is 0 Å². The minimum absolute atomic E-state index is 0.304. The highest BCUT2D eigenvalue weighted by atomic mass is 79.9. The molecular formula is C13H12BrN3O. The van der Waals surface area contributed by atoms with Gasteiger partial charge < -0.3 is 9.72 Å². The third-order valence-corrected chi connectivity index (χ3v) is 3.06. The first-order valence-corrected chi connectivity index (χ1v) is 6.38. The van der Waals surface area contributed by atoms with Crippen LogP contribution in [-0.2, 0) is 6.42 Å². The molecule has 0 atom stereocenters. The number of aromatic amines is 1. The van der Waals surface area contributed by atoms with Crippen LogP contribution in [-0.4, -0.2) is 16.6 Å². The Labute approximate surface area is 114 Å². The second-order valence-corrected chi connectivity index (χ2v) is 4.40. The fourth-order valence-corrected chi connectivity index (χ4v) is 2.04. The number of ether oxygens (including phenoxy) is 1. The largest absolute Gasteiger partial charge is 0.494 e. The Morgan fingerprint density at radius 3 is 3.06 bits per heavy atom. The predicted molar refractivity (Wildman–Crippen MR) is 72.2 cm³/mol. The monoisotopic (exact) mass is 305 g/mol. The summed E-state index contributed by atoms with van der Waals surface area (Å²) in [6.07, 6.45) is 0.304. The summed E-state index contributed by atoms with van der Waals surface area (Å²) in [4.78, 5) is 7.49. The number of halogens is 1. The lowest BCUT2D eigenvalue weighted by Gasteiger charge is -2.03. The van der Waals surface area contributed by atoms with E-state index in [1.54, 1.807) is 0 Å². The van der Waals surface area contributed by atoms with E-state index >= 15 is 0 Å². The van der Waals surface area contributed by atoms with Crippen LogP contribution in [0.2, 0.25) is 0 Å². The normalized spacial score (nSPS) is 10.1. The molecule has 0 radical (unpaired) electrons. The average Bonchev–Trinajstić information content (AvgIpc) is 2.73. The maximum absolute atomic E-state index is 8.70. The molecule has 92 valence electrons. The van der Waals surface area contributed by atoms with Crippen LogP contribution in [0.25, 0.3) is 11.4 Å². The molecule has 1 N–H and O–H groups in total. The zero-order valence-corrected chi connectivity index (χ0v) is 11.5. The van der Waals surface area contributed by atoms with Crippen molar-refractivity contribution in [1.29, 1.82) is 5.26 Å². The van der Waals surface area contributed by atoms with Crippen LogP contribution in [0.15, 0.2) is 28.9 Å². The van der Waals surface area contributed by atoms with Crippen LogP contribution < -0.4 is 4.74 Å². The highest BCUT2D eigenvalue weighted by Gasteiger charge is 2.09. The Morgan fingerprint density at radius 1 is 1.50 bits per heavy atom. The van der Waals surface area contributed by atoms with Gasteiger partial charge in [-0.3, -0.25) is 0 Å². The number of aromatic nitrogens is 2. The van der Waals surface area contributed by atoms with E-state index in [4.69, 9.17) is 10.00 Å². The molecule has 5 heteroatoms. The van der Waals surface area contributed by atoms with Gasteiger partial charge in [0.25, 0.3) is 0 Å². The Balaban J connectivity index is 2.33. The number of rotatable bonds is 4. The van der Waals surface area contributed by atoms with E-state index in [1.165, 1.54) is 0 Å². The minimum Gasteiger partial charge on any atom is -0.494 e. The summed E-state index contributed by atoms with van der Waals surface area (Å²) in [6, 6.07) is 9.79. The summed E-state index contributed by atoms with van der Waals surface area (Å²) >= 11 is 3.34. The van der Waals surface area contributed by atoms with Crippen LogP contribution >= 0.6 is 15.9 Å². The van der Waals surface area contributed by atoms with E-state index in [0.29, 0.717) is 17.6 Å². The zero-order valence-electron chi connectivity index (χ0n) is 9.90. The molecule has 0 aliphatic carbocycles. The van der Waals surface area contributed by atoms with Crippen molar-refractivity contribution in [2.75, 3.05) is 6.61 Å². The SMILES string of the molecule is CCOc1cccc(-c2nc(Br)c(CC#N)[nH]2)c1. The molecule has 0 aliphatic rings. The van der Waals surface area contributed by atoms with Gasteiger partial charge in [-0.15, -0.1) is 0 Å². The summed E-state index contributed by atoms with van der Waals surface area (Å²) in [6.45, 7) is 2.58. The number of H-pyrrole nitrogens is 1. The van der Waals surface area contributed by atoms with E-state index in [2.05, 4.69) is 32.0 Å². The van der Waals surface area contributed by atoms with Gasteiger partial charge in [0.05, 0.1) is 24.8 Å². The van der Waals surface area contributed by atoms with Crippen molar-refractivity contribution < 1.29 is 4.74 Å². The third kappa shape index (κ3) is 2.71. The lowest BCUT2D eigenvalue weighted by atomic mass is 10.2. The molecule has 1 aromatic carbocycles. The van der Waals surface area contributed by atoms with Crippen LogP contribution in [0.1, 0.15) is 12.6 Å². The van der Waals surface area contributed by atoms with Crippen LogP contribution in [0, 0.1) is 11.3 Å². The number of benzene rings is 1. The zero-order chi connectivity index (χ0) is 13.0. The molecule has 1 aromatic heterocycles. The maximum Gasteiger partial charge on any atom is 0.139 e. The highest BCUT2D eigenvalue weighted by Crippen LogP contribution is 2.25. The number of nitrogens with zero attached hydrogens (tertiary/aromatic N) is 2. The summed E-state index contributed by atoms with van der Waals surface area (Å²) < 4.78 is 6.13. The molecule has 18 heavy (non-hydrogen) atoms. The number of nitriles is 1. The second-order valence-electron chi connectivity index (χ2n) is 3.65. The lowest BCUT2D eigenvalue weighted by molar-refractivity contribution is 0.340. The van der Waals surface area contributed by atoms with E-state index in [-0.39, 0.29) is 0 Å². The van der Waals surface area contributed by atoms with Gasteiger partial charge in [0, 0.05) is 5.56 Å². The van der Waals surface area contributed by atoms with Crippen molar-refractivity contribution in [2.24, 2.45) is 0 Å². The number of hydrogen-bond acceptors (Lipinski definition) is 3. The summed E-state index contributed by atoms with van der Waals surface area (Å²) in [5, 5.41) is 8.70. The van der Waals surface area contributed by atoms with Crippen molar-refractivity contribution in [2.45, 2.75) is 13.3 Å². The first-order valence-electron chi connectivity index (χ1n) is 5.59. The van der Waals surface area contributed by atoms with Gasteiger partial charge in [0.1, 0.15) is 16.2 Å². The van der Waals surface area contributed by atoms with Gasteiger partial charge in [0.2, 0.25) is 0 Å². The first kappa shape index (κ1) is 12.7. The molecule has 1 heterocycles. The van der Waals surface area contributed by atoms with Crippen molar-refractivity contribution in [1.82, 2.24) is 9.97 Å². The summed E-state index contributed by atoms with van der Waals surface area (Å²) in [7, 11) is 0. The van der Waals surface area contributed by atoms with Crippen molar-refractivity contribution in [3.05, 3.63) is 34.6 Å². The molecule has 0 saturated carbocycles. The van der Waals surface area contributed by atoms with Crippen molar-refractivity contribution >= 4 is 15.9 Å². The quantitative estimate of drug-likeness (QED) is 0.942. The first-order chi connectivity index (χ1) is 8.74. The molecule has 2 aromatic rings. The van der Waals surface area contributed by atoms with E-state index < -0.39 is 0 Å². The van der Waals surface area contributed by atoms with Gasteiger partial charge in [-0.2, -0.15) is 5.26 Å². The molecule has 0 spiro atoms. The van der Waals surface area contributed by atoms with Gasteiger partial charge in [0.15, 0.2) is 0 Å². The number of imidazole rings is 1. The van der Waals surface area contributed by atoms with Crippen LogP contribution in [0.4, 0.5) is 0 Å². The molecule has 0 unspecified atom stereocenters. The topological polar surface area (TPSA) is 61.7 Å². The van der Waals surface area contributed by atoms with E-state index in [9.17, 15) is 0 Å². The highest BCUT2D eigenvalue weighted by molar-refractivity contribution is 9.10. The standard InChI is InChI=1S/C13H12BrN3O/c1-2-18-10-5-3-4-9(8-10)13-16-11(6-7-15)12(14)17-13/h3-5,8H,2,6H2,1H3,(H,16,17). The average molecular weight is 306 g/mol. The molecule has 0 bridgehead atoms. The Kier molecular flexibility index (Phi) is 4.00. The lowest BCUT2D eigenvalue weighted by Crippen LogP contribution is -1.91. The Bertz CT molecular complexity index is 586. The summed E-state index contributed by atoms with van der Waals surface area (Å²) in [5.74, 6) is 1.54. The fraction of sp³-hybridized carbons (Fsp3) is 0.231. The molecule has 0 aliphatic heterocycles. The Morgan fingerprint density at radius 2 is 2.33 bits per heavy atom. The van der Waals surface area contributed by atoms with Gasteiger partial charge in [-0.25, -0.2) is 4.98 Å². The van der Waals surface area contributed by atoms with Gasteiger partial charge in [-0.05, 0) is 35.0 Å². The van der Waals surface area contributed by atoms with Gasteiger partial charge in [-0.1, -0.05) is 12.1 Å². The predicted octanol–water partition coefficient (Wildman–Crippen LogP) is 3.30. The molecule has 2 rings (SSSR count). The molecule has 4 nitrogen and oxygen atoms in total. The third-order valence-electron chi connectivity index (χ3n) is 2.40. The molecule has 0 saturated heterocycles. The van der Waals surface area contributed by atoms with E-state index in [1.807, 2.05) is 31.2 Å². The van der Waals surface area contributed by atoms with Crippen molar-refractivity contribution in [3.63, 3.8) is 0 Å². The molecule has 0 fully saturated rings. The minimum atomic E-state index is 0.304. The van der Waals surface area contributed by atoms with Crippen LogP contribution in [0.5, 0.6) is 5.75 Å². The smallest absolute Gasteiger partial charge is 0.139 e. The maximum atomic E-state index is 8.70. The van der Waals surface area contributed by atoms with Crippen molar-refractivity contribution in [3.8, 4) is 23.2 Å². The second kappa shape index (κ2) is 5.69. The van der Waals surface area contributed by atoms with E-state index in [0.717, 1.165) is 22.8 Å². The number of nitrogens with one attached hydrogen (secondary N) is 1. The fourth-order valence-electron chi connectivity index (χ4n) is 1.62.